The van der Waals surface area contributed by atoms with Crippen molar-refractivity contribution < 1.29 is 4.74 Å². The molecular weight excluding hydrogens is 226 g/mol. The van der Waals surface area contributed by atoms with Gasteiger partial charge in [0.25, 0.3) is 0 Å². The Labute approximate surface area is 106 Å². The highest BCUT2D eigenvalue weighted by Crippen LogP contribution is 2.30. The van der Waals surface area contributed by atoms with Gasteiger partial charge in [0, 0.05) is 7.05 Å². The molecule has 0 aliphatic rings. The van der Waals surface area contributed by atoms with Crippen molar-refractivity contribution in [2.75, 3.05) is 7.11 Å². The van der Waals surface area contributed by atoms with Crippen LogP contribution in [0.25, 0.3) is 11.4 Å². The topological polar surface area (TPSA) is 50.8 Å². The van der Waals surface area contributed by atoms with Gasteiger partial charge in [-0.2, -0.15) is 5.26 Å². The molecular formula is C14H15N3O. The molecule has 0 unspecified atom stereocenters. The van der Waals surface area contributed by atoms with E-state index in [-0.39, 0.29) is 0 Å². The second kappa shape index (κ2) is 4.53. The first-order valence-corrected chi connectivity index (χ1v) is 5.67. The Balaban J connectivity index is 2.69. The lowest BCUT2D eigenvalue weighted by Gasteiger charge is -2.09. The maximum absolute atomic E-state index is 9.03. The molecule has 4 heteroatoms. The van der Waals surface area contributed by atoms with Crippen molar-refractivity contribution in [3.8, 4) is 23.2 Å². The third kappa shape index (κ3) is 1.84. The third-order valence-corrected chi connectivity index (χ3v) is 3.08. The number of aryl methyl sites for hydroxylation is 1. The molecule has 0 fully saturated rings. The van der Waals surface area contributed by atoms with E-state index in [2.05, 4.69) is 11.1 Å². The molecule has 1 aromatic carbocycles. The second-order valence-corrected chi connectivity index (χ2v) is 4.24. The van der Waals surface area contributed by atoms with Gasteiger partial charge >= 0.3 is 0 Å². The van der Waals surface area contributed by atoms with E-state index in [0.29, 0.717) is 5.69 Å². The summed E-state index contributed by atoms with van der Waals surface area (Å²) in [4.78, 5) is 4.37. The quantitative estimate of drug-likeness (QED) is 0.812. The SMILES string of the molecule is COc1ccc(C)cc1-c1nc(C#N)c(C)n1C. The number of nitriles is 1. The fourth-order valence-corrected chi connectivity index (χ4v) is 1.92. The van der Waals surface area contributed by atoms with Crippen LogP contribution >= 0.6 is 0 Å². The molecule has 92 valence electrons. The molecule has 0 N–H and O–H groups in total. The predicted octanol–water partition coefficient (Wildman–Crippen LogP) is 2.58. The van der Waals surface area contributed by atoms with Gasteiger partial charge in [-0.25, -0.2) is 4.98 Å². The van der Waals surface area contributed by atoms with Gasteiger partial charge in [-0.05, 0) is 26.0 Å². The molecule has 1 aromatic heterocycles. The highest BCUT2D eigenvalue weighted by molar-refractivity contribution is 5.67. The van der Waals surface area contributed by atoms with Gasteiger partial charge in [0.1, 0.15) is 17.6 Å². The number of hydrogen-bond acceptors (Lipinski definition) is 3. The van der Waals surface area contributed by atoms with Gasteiger partial charge in [-0.1, -0.05) is 11.6 Å². The van der Waals surface area contributed by atoms with Gasteiger partial charge in [0.15, 0.2) is 5.69 Å². The van der Waals surface area contributed by atoms with Crippen molar-refractivity contribution in [3.05, 3.63) is 35.2 Å². The minimum atomic E-state index is 0.455. The van der Waals surface area contributed by atoms with Crippen molar-refractivity contribution >= 4 is 0 Å². The van der Waals surface area contributed by atoms with Gasteiger partial charge in [0.05, 0.1) is 18.4 Å². The molecule has 0 aliphatic heterocycles. The van der Waals surface area contributed by atoms with Crippen molar-refractivity contribution in [2.24, 2.45) is 7.05 Å². The van der Waals surface area contributed by atoms with Gasteiger partial charge < -0.3 is 9.30 Å². The Morgan fingerprint density at radius 3 is 2.61 bits per heavy atom. The summed E-state index contributed by atoms with van der Waals surface area (Å²) in [5.41, 5.74) is 3.35. The molecule has 1 heterocycles. The van der Waals surface area contributed by atoms with Crippen LogP contribution in [0, 0.1) is 25.2 Å². The van der Waals surface area contributed by atoms with Crippen LogP contribution in [-0.4, -0.2) is 16.7 Å². The maximum Gasteiger partial charge on any atom is 0.162 e. The molecule has 0 aliphatic carbocycles. The molecule has 2 aromatic rings. The smallest absolute Gasteiger partial charge is 0.162 e. The summed E-state index contributed by atoms with van der Waals surface area (Å²) in [5, 5.41) is 9.03. The van der Waals surface area contributed by atoms with Crippen LogP contribution in [0.4, 0.5) is 0 Å². The Hall–Kier alpha value is -2.28. The first-order valence-electron chi connectivity index (χ1n) is 5.67. The highest BCUT2D eigenvalue weighted by atomic mass is 16.5. The fraction of sp³-hybridized carbons (Fsp3) is 0.286. The minimum absolute atomic E-state index is 0.455. The van der Waals surface area contributed by atoms with E-state index in [4.69, 9.17) is 10.00 Å². The van der Waals surface area contributed by atoms with Crippen LogP contribution in [0.5, 0.6) is 5.75 Å². The van der Waals surface area contributed by atoms with E-state index in [9.17, 15) is 0 Å². The van der Waals surface area contributed by atoms with Crippen LogP contribution < -0.4 is 4.74 Å². The summed E-state index contributed by atoms with van der Waals surface area (Å²) in [6, 6.07) is 8.03. The summed E-state index contributed by atoms with van der Waals surface area (Å²) < 4.78 is 7.27. The summed E-state index contributed by atoms with van der Waals surface area (Å²) >= 11 is 0. The van der Waals surface area contributed by atoms with Crippen LogP contribution in [0.2, 0.25) is 0 Å². The average molecular weight is 241 g/mol. The number of ether oxygens (including phenoxy) is 1. The van der Waals surface area contributed by atoms with Gasteiger partial charge in [-0.3, -0.25) is 0 Å². The van der Waals surface area contributed by atoms with Gasteiger partial charge in [0.2, 0.25) is 0 Å². The van der Waals surface area contributed by atoms with E-state index in [1.54, 1.807) is 7.11 Å². The lowest BCUT2D eigenvalue weighted by Crippen LogP contribution is -1.97. The van der Waals surface area contributed by atoms with Crippen molar-refractivity contribution in [2.45, 2.75) is 13.8 Å². The summed E-state index contributed by atoms with van der Waals surface area (Å²) in [6.45, 7) is 3.90. The summed E-state index contributed by atoms with van der Waals surface area (Å²) in [5.74, 6) is 1.52. The number of aromatic nitrogens is 2. The number of methoxy groups -OCH3 is 1. The van der Waals surface area contributed by atoms with Crippen molar-refractivity contribution in [1.29, 1.82) is 5.26 Å². The molecule has 0 saturated heterocycles. The zero-order valence-corrected chi connectivity index (χ0v) is 11.0. The van der Waals surface area contributed by atoms with Crippen LogP contribution in [0.1, 0.15) is 17.0 Å². The minimum Gasteiger partial charge on any atom is -0.496 e. The lowest BCUT2D eigenvalue weighted by molar-refractivity contribution is 0.416. The maximum atomic E-state index is 9.03. The van der Waals surface area contributed by atoms with Gasteiger partial charge in [-0.15, -0.1) is 0 Å². The zero-order chi connectivity index (χ0) is 13.3. The largest absolute Gasteiger partial charge is 0.496 e. The second-order valence-electron chi connectivity index (χ2n) is 4.24. The van der Waals surface area contributed by atoms with E-state index in [0.717, 1.165) is 28.4 Å². The molecule has 0 amide bonds. The standard InChI is InChI=1S/C14H15N3O/c1-9-5-6-13(18-4)11(7-9)14-16-12(8-15)10(2)17(14)3/h5-7H,1-4H3. The molecule has 0 spiro atoms. The first-order chi connectivity index (χ1) is 8.58. The molecule has 18 heavy (non-hydrogen) atoms. The number of hydrogen-bond donors (Lipinski definition) is 0. The molecule has 0 bridgehead atoms. The van der Waals surface area contributed by atoms with Crippen LogP contribution in [0.3, 0.4) is 0 Å². The monoisotopic (exact) mass is 241 g/mol. The average Bonchev–Trinajstić information content (AvgIpc) is 2.66. The van der Waals surface area contributed by atoms with E-state index in [1.807, 2.05) is 43.7 Å². The normalized spacial score (nSPS) is 10.2. The summed E-state index contributed by atoms with van der Waals surface area (Å²) in [6.07, 6.45) is 0. The number of nitrogens with zero attached hydrogens (tertiary/aromatic N) is 3. The number of rotatable bonds is 2. The van der Waals surface area contributed by atoms with Crippen molar-refractivity contribution in [3.63, 3.8) is 0 Å². The van der Waals surface area contributed by atoms with Crippen molar-refractivity contribution in [1.82, 2.24) is 9.55 Å². The molecule has 4 nitrogen and oxygen atoms in total. The zero-order valence-electron chi connectivity index (χ0n) is 11.0. The van der Waals surface area contributed by atoms with E-state index in [1.165, 1.54) is 0 Å². The first kappa shape index (κ1) is 12.2. The fourth-order valence-electron chi connectivity index (χ4n) is 1.92. The van der Waals surface area contributed by atoms with Crippen LogP contribution in [-0.2, 0) is 7.05 Å². The molecule has 0 saturated carbocycles. The predicted molar refractivity (Wildman–Crippen MR) is 69.4 cm³/mol. The van der Waals surface area contributed by atoms with Crippen LogP contribution in [0.15, 0.2) is 18.2 Å². The Kier molecular flexibility index (Phi) is 3.07. The molecule has 0 radical (unpaired) electrons. The Morgan fingerprint density at radius 2 is 2.06 bits per heavy atom. The highest BCUT2D eigenvalue weighted by Gasteiger charge is 2.15. The van der Waals surface area contributed by atoms with E-state index < -0.39 is 0 Å². The molecule has 0 atom stereocenters. The number of imidazole rings is 1. The molecule has 2 rings (SSSR count). The lowest BCUT2D eigenvalue weighted by atomic mass is 10.1. The Bertz CT molecular complexity index is 635. The van der Waals surface area contributed by atoms with E-state index >= 15 is 0 Å². The third-order valence-electron chi connectivity index (χ3n) is 3.08. The Morgan fingerprint density at radius 1 is 1.33 bits per heavy atom. The summed E-state index contributed by atoms with van der Waals surface area (Å²) in [7, 11) is 3.54. The number of benzene rings is 1.